The van der Waals surface area contributed by atoms with E-state index in [2.05, 4.69) is 66.7 Å². The molecular formula is C17H26N4. The van der Waals surface area contributed by atoms with Crippen LogP contribution in [-0.4, -0.2) is 41.9 Å². The first-order valence-corrected chi connectivity index (χ1v) is 7.70. The third-order valence-electron chi connectivity index (χ3n) is 3.54. The largest absolute Gasteiger partial charge is 0.309 e. The summed E-state index contributed by atoms with van der Waals surface area (Å²) in [5.41, 5.74) is 2.35. The third-order valence-corrected chi connectivity index (χ3v) is 3.54. The topological polar surface area (TPSA) is 33.1 Å². The average molecular weight is 286 g/mol. The minimum Gasteiger partial charge on any atom is -0.309 e. The van der Waals surface area contributed by atoms with E-state index in [1.54, 1.807) is 0 Å². The van der Waals surface area contributed by atoms with Crippen molar-refractivity contribution in [2.24, 2.45) is 0 Å². The van der Waals surface area contributed by atoms with Gasteiger partial charge < -0.3 is 10.2 Å². The van der Waals surface area contributed by atoms with E-state index >= 15 is 0 Å². The summed E-state index contributed by atoms with van der Waals surface area (Å²) in [6, 6.07) is 12.8. The van der Waals surface area contributed by atoms with Gasteiger partial charge in [-0.3, -0.25) is 0 Å². The molecule has 0 aliphatic rings. The summed E-state index contributed by atoms with van der Waals surface area (Å²) in [5, 5.41) is 8.16. The Bertz CT molecular complexity index is 519. The zero-order valence-corrected chi connectivity index (χ0v) is 13.3. The van der Waals surface area contributed by atoms with Crippen LogP contribution in [0.15, 0.2) is 42.6 Å². The van der Waals surface area contributed by atoms with E-state index in [-0.39, 0.29) is 0 Å². The third kappa shape index (κ3) is 4.41. The van der Waals surface area contributed by atoms with Gasteiger partial charge in [0.05, 0.1) is 17.4 Å². The molecule has 2 aromatic rings. The molecule has 4 nitrogen and oxygen atoms in total. The van der Waals surface area contributed by atoms with Crippen LogP contribution in [0, 0.1) is 0 Å². The van der Waals surface area contributed by atoms with Crippen molar-refractivity contribution in [3.8, 4) is 5.69 Å². The highest BCUT2D eigenvalue weighted by atomic mass is 15.3. The van der Waals surface area contributed by atoms with Crippen molar-refractivity contribution in [3.63, 3.8) is 0 Å². The fourth-order valence-corrected chi connectivity index (χ4v) is 2.42. The molecule has 0 aliphatic heterocycles. The first kappa shape index (κ1) is 15.7. The molecule has 1 aromatic carbocycles. The molecule has 0 fully saturated rings. The molecule has 4 heteroatoms. The van der Waals surface area contributed by atoms with E-state index in [9.17, 15) is 0 Å². The maximum atomic E-state index is 4.51. The number of nitrogens with one attached hydrogen (secondary N) is 1. The molecule has 0 spiro atoms. The van der Waals surface area contributed by atoms with Crippen molar-refractivity contribution in [1.29, 1.82) is 0 Å². The lowest BCUT2D eigenvalue weighted by atomic mass is 10.1. The van der Waals surface area contributed by atoms with Gasteiger partial charge in [0.1, 0.15) is 0 Å². The van der Waals surface area contributed by atoms with Gasteiger partial charge in [0.25, 0.3) is 0 Å². The maximum absolute atomic E-state index is 4.51. The van der Waals surface area contributed by atoms with Crippen LogP contribution in [0.2, 0.25) is 0 Å². The van der Waals surface area contributed by atoms with Gasteiger partial charge >= 0.3 is 0 Å². The maximum Gasteiger partial charge on any atom is 0.0649 e. The monoisotopic (exact) mass is 286 g/mol. The van der Waals surface area contributed by atoms with Crippen molar-refractivity contribution < 1.29 is 0 Å². The number of hydrogen-bond donors (Lipinski definition) is 1. The molecule has 0 radical (unpaired) electrons. The zero-order valence-electron chi connectivity index (χ0n) is 13.3. The molecule has 0 amide bonds. The van der Waals surface area contributed by atoms with Gasteiger partial charge in [0, 0.05) is 6.20 Å². The van der Waals surface area contributed by atoms with Gasteiger partial charge in [-0.1, -0.05) is 25.1 Å². The SMILES string of the molecule is CCCNC(CCN(C)C)c1ccnn1-c1ccccc1. The molecule has 2 rings (SSSR count). The Morgan fingerprint density at radius 1 is 1.19 bits per heavy atom. The summed E-state index contributed by atoms with van der Waals surface area (Å²) in [6.45, 7) is 4.28. The fourth-order valence-electron chi connectivity index (χ4n) is 2.42. The van der Waals surface area contributed by atoms with Crippen molar-refractivity contribution in [2.75, 3.05) is 27.2 Å². The zero-order chi connectivity index (χ0) is 15.1. The van der Waals surface area contributed by atoms with Crippen LogP contribution in [0.25, 0.3) is 5.69 Å². The van der Waals surface area contributed by atoms with Gasteiger partial charge in [-0.2, -0.15) is 5.10 Å². The Morgan fingerprint density at radius 2 is 1.95 bits per heavy atom. The molecule has 0 saturated heterocycles. The van der Waals surface area contributed by atoms with Crippen LogP contribution < -0.4 is 5.32 Å². The van der Waals surface area contributed by atoms with Crippen molar-refractivity contribution in [2.45, 2.75) is 25.8 Å². The van der Waals surface area contributed by atoms with E-state index in [4.69, 9.17) is 0 Å². The van der Waals surface area contributed by atoms with Crippen LogP contribution in [0.5, 0.6) is 0 Å². The van der Waals surface area contributed by atoms with E-state index in [0.29, 0.717) is 6.04 Å². The van der Waals surface area contributed by atoms with E-state index in [0.717, 1.165) is 31.6 Å². The quantitative estimate of drug-likeness (QED) is 0.810. The average Bonchev–Trinajstić information content (AvgIpc) is 2.97. The van der Waals surface area contributed by atoms with Crippen molar-refractivity contribution in [3.05, 3.63) is 48.3 Å². The van der Waals surface area contributed by atoms with Crippen LogP contribution in [-0.2, 0) is 0 Å². The van der Waals surface area contributed by atoms with Crippen molar-refractivity contribution >= 4 is 0 Å². The fraction of sp³-hybridized carbons (Fsp3) is 0.471. The summed E-state index contributed by atoms with van der Waals surface area (Å²) in [7, 11) is 4.23. The smallest absolute Gasteiger partial charge is 0.0649 e. The second-order valence-electron chi connectivity index (χ2n) is 5.60. The predicted octanol–water partition coefficient (Wildman–Crippen LogP) is 2.86. The van der Waals surface area contributed by atoms with Crippen LogP contribution in [0.1, 0.15) is 31.5 Å². The molecule has 0 bridgehead atoms. The lowest BCUT2D eigenvalue weighted by Gasteiger charge is -2.22. The Hall–Kier alpha value is -1.65. The summed E-state index contributed by atoms with van der Waals surface area (Å²) in [4.78, 5) is 2.23. The van der Waals surface area contributed by atoms with Gasteiger partial charge in [0.2, 0.25) is 0 Å². The van der Waals surface area contributed by atoms with Gasteiger partial charge in [0.15, 0.2) is 0 Å². The summed E-state index contributed by atoms with van der Waals surface area (Å²) < 4.78 is 2.04. The molecule has 21 heavy (non-hydrogen) atoms. The van der Waals surface area contributed by atoms with Crippen LogP contribution in [0.4, 0.5) is 0 Å². The summed E-state index contributed by atoms with van der Waals surface area (Å²) in [6.07, 6.45) is 4.10. The second kappa shape index (κ2) is 7.96. The lowest BCUT2D eigenvalue weighted by molar-refractivity contribution is 0.355. The Balaban J connectivity index is 2.21. The normalized spacial score (nSPS) is 12.8. The standard InChI is InChI=1S/C17H26N4/c1-4-12-18-16(11-14-20(2)3)17-10-13-19-21(17)15-8-6-5-7-9-15/h5-10,13,16,18H,4,11-12,14H2,1-3H3. The Morgan fingerprint density at radius 3 is 2.62 bits per heavy atom. The van der Waals surface area contributed by atoms with Crippen LogP contribution >= 0.6 is 0 Å². The van der Waals surface area contributed by atoms with Crippen LogP contribution in [0.3, 0.4) is 0 Å². The number of aromatic nitrogens is 2. The number of para-hydroxylation sites is 1. The first-order chi connectivity index (χ1) is 10.2. The molecular weight excluding hydrogens is 260 g/mol. The highest BCUT2D eigenvalue weighted by Gasteiger charge is 2.16. The molecule has 0 aliphatic carbocycles. The minimum atomic E-state index is 0.329. The summed E-state index contributed by atoms with van der Waals surface area (Å²) >= 11 is 0. The van der Waals surface area contributed by atoms with Gasteiger partial charge in [-0.25, -0.2) is 4.68 Å². The minimum absolute atomic E-state index is 0.329. The molecule has 0 saturated carbocycles. The highest BCUT2D eigenvalue weighted by Crippen LogP contribution is 2.20. The van der Waals surface area contributed by atoms with E-state index < -0.39 is 0 Å². The predicted molar refractivity (Wildman–Crippen MR) is 87.8 cm³/mol. The summed E-state index contributed by atoms with van der Waals surface area (Å²) in [5.74, 6) is 0. The molecule has 1 atom stereocenters. The Labute approximate surface area is 127 Å². The lowest BCUT2D eigenvalue weighted by Crippen LogP contribution is -2.28. The molecule has 1 N–H and O–H groups in total. The number of nitrogens with zero attached hydrogens (tertiary/aromatic N) is 3. The molecule has 1 unspecified atom stereocenters. The number of hydrogen-bond acceptors (Lipinski definition) is 3. The number of benzene rings is 1. The van der Waals surface area contributed by atoms with E-state index in [1.807, 2.05) is 16.9 Å². The molecule has 1 aromatic heterocycles. The van der Waals surface area contributed by atoms with Gasteiger partial charge in [-0.15, -0.1) is 0 Å². The van der Waals surface area contributed by atoms with Crippen molar-refractivity contribution in [1.82, 2.24) is 20.0 Å². The molecule has 1 heterocycles. The first-order valence-electron chi connectivity index (χ1n) is 7.70. The highest BCUT2D eigenvalue weighted by molar-refractivity contribution is 5.33. The Kier molecular flexibility index (Phi) is 5.96. The van der Waals surface area contributed by atoms with E-state index in [1.165, 1.54) is 5.69 Å². The van der Waals surface area contributed by atoms with Gasteiger partial charge in [-0.05, 0) is 58.2 Å². The molecule has 114 valence electrons. The second-order valence-corrected chi connectivity index (χ2v) is 5.60. The number of rotatable bonds is 8.